The van der Waals surface area contributed by atoms with Crippen LogP contribution in [-0.4, -0.2) is 30.6 Å². The molecule has 1 aliphatic heterocycles. The van der Waals surface area contributed by atoms with Crippen LogP contribution in [0.4, 0.5) is 0 Å². The normalized spacial score (nSPS) is 12.6. The maximum Gasteiger partial charge on any atom is 0.224 e. The molecule has 27 heavy (non-hydrogen) atoms. The van der Waals surface area contributed by atoms with Crippen molar-refractivity contribution in [3.8, 4) is 22.1 Å². The summed E-state index contributed by atoms with van der Waals surface area (Å²) in [7, 11) is 0. The van der Waals surface area contributed by atoms with Gasteiger partial charge in [-0.3, -0.25) is 4.79 Å². The van der Waals surface area contributed by atoms with Gasteiger partial charge in [0.1, 0.15) is 18.2 Å². The molecule has 0 fully saturated rings. The summed E-state index contributed by atoms with van der Waals surface area (Å²) >= 11 is 1.63. The van der Waals surface area contributed by atoms with Gasteiger partial charge in [0.15, 0.2) is 11.5 Å². The highest BCUT2D eigenvalue weighted by molar-refractivity contribution is 7.13. The lowest BCUT2D eigenvalue weighted by Gasteiger charge is -2.18. The molecule has 0 spiro atoms. The molecule has 0 atom stereocenters. The summed E-state index contributed by atoms with van der Waals surface area (Å²) in [6, 6.07) is 15.8. The molecule has 4 rings (SSSR count). The van der Waals surface area contributed by atoms with Crippen LogP contribution >= 0.6 is 11.3 Å². The number of amides is 1. The van der Waals surface area contributed by atoms with Crippen LogP contribution < -0.4 is 14.8 Å². The molecule has 0 saturated carbocycles. The predicted molar refractivity (Wildman–Crippen MR) is 105 cm³/mol. The average molecular weight is 380 g/mol. The van der Waals surface area contributed by atoms with Gasteiger partial charge >= 0.3 is 0 Å². The van der Waals surface area contributed by atoms with Crippen LogP contribution in [0, 0.1) is 0 Å². The molecule has 2 aromatic carbocycles. The fourth-order valence-electron chi connectivity index (χ4n) is 2.91. The van der Waals surface area contributed by atoms with Gasteiger partial charge < -0.3 is 14.8 Å². The van der Waals surface area contributed by atoms with E-state index in [1.54, 1.807) is 11.3 Å². The maximum atomic E-state index is 12.2. The molecule has 0 bridgehead atoms. The van der Waals surface area contributed by atoms with E-state index in [1.165, 1.54) is 0 Å². The van der Waals surface area contributed by atoms with Crippen molar-refractivity contribution < 1.29 is 14.3 Å². The van der Waals surface area contributed by atoms with E-state index in [4.69, 9.17) is 9.47 Å². The highest BCUT2D eigenvalue weighted by atomic mass is 32.1. The molecule has 138 valence electrons. The summed E-state index contributed by atoms with van der Waals surface area (Å²) in [4.78, 5) is 16.8. The van der Waals surface area contributed by atoms with Crippen molar-refractivity contribution in [2.75, 3.05) is 19.8 Å². The summed E-state index contributed by atoms with van der Waals surface area (Å²) in [6.45, 7) is 1.68. The lowest BCUT2D eigenvalue weighted by molar-refractivity contribution is -0.120. The number of carbonyl (C=O) groups excluding carboxylic acids is 1. The number of fused-ring (bicyclic) bond motifs is 1. The van der Waals surface area contributed by atoms with Crippen molar-refractivity contribution in [2.24, 2.45) is 0 Å². The Morgan fingerprint density at radius 1 is 1.07 bits per heavy atom. The minimum absolute atomic E-state index is 0.00908. The largest absolute Gasteiger partial charge is 0.486 e. The van der Waals surface area contributed by atoms with Crippen LogP contribution in [0.5, 0.6) is 11.5 Å². The number of nitrogens with one attached hydrogen (secondary N) is 1. The first kappa shape index (κ1) is 17.5. The molecular formula is C21H20N2O3S. The zero-order valence-electron chi connectivity index (χ0n) is 14.8. The maximum absolute atomic E-state index is 12.2. The van der Waals surface area contributed by atoms with E-state index in [0.717, 1.165) is 34.0 Å². The first-order valence-electron chi connectivity index (χ1n) is 8.93. The Balaban J connectivity index is 1.27. The Morgan fingerprint density at radius 3 is 2.74 bits per heavy atom. The summed E-state index contributed by atoms with van der Waals surface area (Å²) in [6.07, 6.45) is 1.04. The van der Waals surface area contributed by atoms with Crippen molar-refractivity contribution in [3.63, 3.8) is 0 Å². The van der Waals surface area contributed by atoms with Gasteiger partial charge in [0.05, 0.1) is 12.1 Å². The summed E-state index contributed by atoms with van der Waals surface area (Å²) in [5.74, 6) is 1.44. The molecular weight excluding hydrogens is 360 g/mol. The molecule has 3 aromatic rings. The number of benzene rings is 2. The Morgan fingerprint density at radius 2 is 1.89 bits per heavy atom. The zero-order valence-corrected chi connectivity index (χ0v) is 15.6. The van der Waals surface area contributed by atoms with Crippen molar-refractivity contribution in [2.45, 2.75) is 12.8 Å². The van der Waals surface area contributed by atoms with Gasteiger partial charge in [-0.05, 0) is 17.7 Å². The summed E-state index contributed by atoms with van der Waals surface area (Å²) < 4.78 is 11.1. The number of hydrogen-bond acceptors (Lipinski definition) is 5. The first-order chi connectivity index (χ1) is 13.3. The first-order valence-corrected chi connectivity index (χ1v) is 9.81. The highest BCUT2D eigenvalue weighted by Gasteiger charge is 2.13. The van der Waals surface area contributed by atoms with Crippen molar-refractivity contribution in [1.29, 1.82) is 0 Å². The Bertz CT molecular complexity index is 924. The predicted octanol–water partition coefficient (Wildman–Crippen LogP) is 3.48. The topological polar surface area (TPSA) is 60.5 Å². The molecule has 1 aromatic heterocycles. The third kappa shape index (κ3) is 4.46. The minimum Gasteiger partial charge on any atom is -0.486 e. The standard InChI is InChI=1S/C21H20N2O3S/c24-20(13-15-6-7-18-19(12-15)26-11-10-25-18)22-9-8-17-14-27-21(23-17)16-4-2-1-3-5-16/h1-7,12,14H,8-11,13H2,(H,22,24). The number of ether oxygens (including phenoxy) is 2. The molecule has 0 unspecified atom stereocenters. The number of thiazole rings is 1. The smallest absolute Gasteiger partial charge is 0.224 e. The van der Waals surface area contributed by atoms with E-state index < -0.39 is 0 Å². The zero-order chi connectivity index (χ0) is 18.5. The fraction of sp³-hybridized carbons (Fsp3) is 0.238. The fourth-order valence-corrected chi connectivity index (χ4v) is 3.77. The van der Waals surface area contributed by atoms with E-state index >= 15 is 0 Å². The van der Waals surface area contributed by atoms with Gasteiger partial charge in [-0.2, -0.15) is 0 Å². The van der Waals surface area contributed by atoms with E-state index in [2.05, 4.69) is 27.8 Å². The van der Waals surface area contributed by atoms with Crippen LogP contribution in [0.2, 0.25) is 0 Å². The third-order valence-corrected chi connectivity index (χ3v) is 5.19. The molecule has 1 aliphatic rings. The Labute approximate surface area is 162 Å². The third-order valence-electron chi connectivity index (χ3n) is 4.25. The second-order valence-corrected chi connectivity index (χ2v) is 7.12. The van der Waals surface area contributed by atoms with Crippen LogP contribution in [0.3, 0.4) is 0 Å². The van der Waals surface area contributed by atoms with Gasteiger partial charge in [0, 0.05) is 23.9 Å². The van der Waals surface area contributed by atoms with Gasteiger partial charge in [-0.25, -0.2) is 4.98 Å². The number of hydrogen-bond donors (Lipinski definition) is 1. The van der Waals surface area contributed by atoms with Crippen LogP contribution in [0.15, 0.2) is 53.9 Å². The van der Waals surface area contributed by atoms with Crippen LogP contribution in [0.1, 0.15) is 11.3 Å². The van der Waals surface area contributed by atoms with Crippen molar-refractivity contribution in [1.82, 2.24) is 10.3 Å². The molecule has 2 heterocycles. The molecule has 1 amide bonds. The van der Waals surface area contributed by atoms with Gasteiger partial charge in [0.25, 0.3) is 0 Å². The second-order valence-electron chi connectivity index (χ2n) is 6.26. The number of carbonyl (C=O) groups is 1. The van der Waals surface area contributed by atoms with Crippen LogP contribution in [-0.2, 0) is 17.6 Å². The van der Waals surface area contributed by atoms with E-state index in [9.17, 15) is 4.79 Å². The molecule has 0 aliphatic carbocycles. The van der Waals surface area contributed by atoms with E-state index in [1.807, 2.05) is 36.4 Å². The van der Waals surface area contributed by atoms with E-state index in [0.29, 0.717) is 31.9 Å². The van der Waals surface area contributed by atoms with Crippen molar-refractivity contribution >= 4 is 17.2 Å². The molecule has 5 nitrogen and oxygen atoms in total. The SMILES string of the molecule is O=C(Cc1ccc2c(c1)OCCO2)NCCc1csc(-c2ccccc2)n1. The van der Waals surface area contributed by atoms with Crippen molar-refractivity contribution in [3.05, 3.63) is 65.2 Å². The Kier molecular flexibility index (Phi) is 5.34. The Hall–Kier alpha value is -2.86. The summed E-state index contributed by atoms with van der Waals surface area (Å²) in [5, 5.41) is 6.02. The van der Waals surface area contributed by atoms with Crippen LogP contribution in [0.25, 0.3) is 10.6 Å². The lowest BCUT2D eigenvalue weighted by Crippen LogP contribution is -2.27. The lowest BCUT2D eigenvalue weighted by atomic mass is 10.1. The van der Waals surface area contributed by atoms with Gasteiger partial charge in [-0.15, -0.1) is 11.3 Å². The molecule has 0 saturated heterocycles. The number of aromatic nitrogens is 1. The molecule has 0 radical (unpaired) electrons. The van der Waals surface area contributed by atoms with Gasteiger partial charge in [-0.1, -0.05) is 36.4 Å². The summed E-state index contributed by atoms with van der Waals surface area (Å²) in [5.41, 5.74) is 3.03. The number of nitrogens with zero attached hydrogens (tertiary/aromatic N) is 1. The number of rotatable bonds is 6. The highest BCUT2D eigenvalue weighted by Crippen LogP contribution is 2.30. The molecule has 6 heteroatoms. The molecule has 1 N–H and O–H groups in total. The minimum atomic E-state index is -0.00908. The second kappa shape index (κ2) is 8.22. The van der Waals surface area contributed by atoms with E-state index in [-0.39, 0.29) is 5.91 Å². The van der Waals surface area contributed by atoms with Gasteiger partial charge in [0.2, 0.25) is 5.91 Å². The quantitative estimate of drug-likeness (QED) is 0.711. The average Bonchev–Trinajstić information content (AvgIpc) is 3.17. The monoisotopic (exact) mass is 380 g/mol.